The van der Waals surface area contributed by atoms with Crippen molar-refractivity contribution < 1.29 is 25.8 Å². The van der Waals surface area contributed by atoms with Crippen molar-refractivity contribution in [2.24, 2.45) is 0 Å². The van der Waals surface area contributed by atoms with Gasteiger partial charge in [0.2, 0.25) is 0 Å². The predicted octanol–water partition coefficient (Wildman–Crippen LogP) is 1.48. The van der Waals surface area contributed by atoms with Crippen molar-refractivity contribution in [1.82, 2.24) is 14.7 Å². The third kappa shape index (κ3) is 2.47. The van der Waals surface area contributed by atoms with E-state index in [1.54, 1.807) is 4.68 Å². The molecule has 10 heteroatoms. The molecule has 0 bridgehead atoms. The molecule has 1 saturated heterocycles. The molecule has 0 aromatic carbocycles. The minimum atomic E-state index is -5.68. The maximum atomic E-state index is 12.4. The van der Waals surface area contributed by atoms with Gasteiger partial charge in [-0.1, -0.05) is 0 Å². The van der Waals surface area contributed by atoms with Gasteiger partial charge in [0, 0.05) is 30.3 Å². The van der Waals surface area contributed by atoms with Gasteiger partial charge < -0.3 is 9.08 Å². The summed E-state index contributed by atoms with van der Waals surface area (Å²) in [4.78, 5) is 2.15. The number of nitrogens with zero attached hydrogens (tertiary/aromatic N) is 3. The number of likely N-dealkylation sites (N-methyl/N-ethyl adjacent to an activating group) is 1. The minimum Gasteiger partial charge on any atom is -0.354 e. The average molecular weight is 339 g/mol. The second-order valence-electron chi connectivity index (χ2n) is 5.95. The predicted molar refractivity (Wildman–Crippen MR) is 70.9 cm³/mol. The highest BCUT2D eigenvalue weighted by atomic mass is 32.2. The van der Waals surface area contributed by atoms with Gasteiger partial charge in [0.25, 0.3) is 5.88 Å². The van der Waals surface area contributed by atoms with E-state index in [1.807, 2.05) is 7.05 Å². The maximum absolute atomic E-state index is 12.4. The van der Waals surface area contributed by atoms with Gasteiger partial charge in [0.05, 0.1) is 0 Å². The third-order valence-electron chi connectivity index (χ3n) is 4.35. The van der Waals surface area contributed by atoms with E-state index in [1.165, 1.54) is 6.07 Å². The minimum absolute atomic E-state index is 0.177. The van der Waals surface area contributed by atoms with E-state index < -0.39 is 21.5 Å². The van der Waals surface area contributed by atoms with E-state index >= 15 is 0 Å². The number of hydrogen-bond acceptors (Lipinski definition) is 5. The molecule has 0 aliphatic carbocycles. The molecule has 1 spiro atoms. The first kappa shape index (κ1) is 15.6. The summed E-state index contributed by atoms with van der Waals surface area (Å²) < 4.78 is 65.1. The molecular formula is C12H16F3N3O3S. The summed E-state index contributed by atoms with van der Waals surface area (Å²) >= 11 is 0. The Kier molecular flexibility index (Phi) is 3.44. The largest absolute Gasteiger partial charge is 0.534 e. The fraction of sp³-hybridized carbons (Fsp3) is 0.750. The maximum Gasteiger partial charge on any atom is 0.534 e. The molecule has 2 aliphatic rings. The zero-order valence-electron chi connectivity index (χ0n) is 11.9. The second-order valence-corrected chi connectivity index (χ2v) is 7.48. The highest BCUT2D eigenvalue weighted by Gasteiger charge is 2.49. The van der Waals surface area contributed by atoms with E-state index in [-0.39, 0.29) is 5.41 Å². The summed E-state index contributed by atoms with van der Waals surface area (Å²) in [6.45, 7) is 2.22. The molecule has 1 atom stereocenters. The standard InChI is InChI=1S/C12H16F3N3O3S/c1-17-6-4-11(8-17)3-2-5-18-9(11)7-10(16-18)21-22(19,20)12(13,14)15/h7H,2-6,8H2,1H3. The Morgan fingerprint density at radius 3 is 2.64 bits per heavy atom. The molecule has 0 N–H and O–H groups in total. The molecule has 2 aliphatic heterocycles. The molecule has 1 aromatic rings. The fourth-order valence-electron chi connectivity index (χ4n) is 3.38. The molecule has 1 unspecified atom stereocenters. The zero-order valence-corrected chi connectivity index (χ0v) is 12.7. The Morgan fingerprint density at radius 2 is 2.05 bits per heavy atom. The van der Waals surface area contributed by atoms with Gasteiger partial charge in [0.1, 0.15) is 0 Å². The molecule has 0 radical (unpaired) electrons. The number of alkyl halides is 3. The van der Waals surface area contributed by atoms with Crippen LogP contribution in [0.25, 0.3) is 0 Å². The van der Waals surface area contributed by atoms with Crippen molar-refractivity contribution in [1.29, 1.82) is 0 Å². The summed E-state index contributed by atoms with van der Waals surface area (Å²) in [5.74, 6) is -0.511. The zero-order chi connectivity index (χ0) is 16.2. The molecule has 124 valence electrons. The van der Waals surface area contributed by atoms with Gasteiger partial charge in [-0.05, 0) is 32.9 Å². The van der Waals surface area contributed by atoms with E-state index in [4.69, 9.17) is 0 Å². The first-order chi connectivity index (χ1) is 10.1. The highest BCUT2D eigenvalue weighted by molar-refractivity contribution is 7.87. The van der Waals surface area contributed by atoms with Gasteiger partial charge in [-0.3, -0.25) is 4.68 Å². The molecule has 3 rings (SSSR count). The van der Waals surface area contributed by atoms with Crippen LogP contribution in [0.1, 0.15) is 25.0 Å². The van der Waals surface area contributed by atoms with Crippen molar-refractivity contribution in [3.63, 3.8) is 0 Å². The van der Waals surface area contributed by atoms with E-state index in [0.29, 0.717) is 6.54 Å². The lowest BCUT2D eigenvalue weighted by molar-refractivity contribution is -0.0501. The Balaban J connectivity index is 1.93. The second kappa shape index (κ2) is 4.85. The number of likely N-dealkylation sites (tertiary alicyclic amines) is 1. The number of halogens is 3. The number of aryl methyl sites for hydroxylation is 1. The normalized spacial score (nSPS) is 26.4. The smallest absolute Gasteiger partial charge is 0.354 e. The van der Waals surface area contributed by atoms with Gasteiger partial charge in [-0.2, -0.15) is 21.6 Å². The van der Waals surface area contributed by atoms with E-state index in [0.717, 1.165) is 38.0 Å². The number of rotatable bonds is 2. The lowest BCUT2D eigenvalue weighted by atomic mass is 9.77. The van der Waals surface area contributed by atoms with Crippen molar-refractivity contribution in [3.05, 3.63) is 11.8 Å². The molecule has 0 amide bonds. The van der Waals surface area contributed by atoms with Crippen molar-refractivity contribution in [2.75, 3.05) is 20.1 Å². The van der Waals surface area contributed by atoms with Crippen LogP contribution < -0.4 is 4.18 Å². The first-order valence-corrected chi connectivity index (χ1v) is 8.31. The Labute approximate surface area is 126 Å². The van der Waals surface area contributed by atoms with Crippen LogP contribution in [0.4, 0.5) is 13.2 Å². The topological polar surface area (TPSA) is 64.4 Å². The molecule has 0 saturated carbocycles. The molecule has 1 fully saturated rings. The van der Waals surface area contributed by atoms with E-state index in [9.17, 15) is 21.6 Å². The van der Waals surface area contributed by atoms with Crippen molar-refractivity contribution >= 4 is 10.1 Å². The van der Waals surface area contributed by atoms with Gasteiger partial charge in [0.15, 0.2) is 0 Å². The number of aromatic nitrogens is 2. The fourth-order valence-corrected chi connectivity index (χ4v) is 3.78. The summed E-state index contributed by atoms with van der Waals surface area (Å²) in [5, 5.41) is 3.89. The first-order valence-electron chi connectivity index (χ1n) is 6.91. The summed E-state index contributed by atoms with van der Waals surface area (Å²) in [7, 11) is -3.70. The van der Waals surface area contributed by atoms with Crippen LogP contribution in [0.15, 0.2) is 6.07 Å². The van der Waals surface area contributed by atoms with Crippen LogP contribution in [0, 0.1) is 0 Å². The van der Waals surface area contributed by atoms with Gasteiger partial charge >= 0.3 is 15.6 Å². The molecule has 6 nitrogen and oxygen atoms in total. The van der Waals surface area contributed by atoms with Gasteiger partial charge in [-0.15, -0.1) is 5.10 Å². The van der Waals surface area contributed by atoms with Crippen LogP contribution in [0.3, 0.4) is 0 Å². The lowest BCUT2D eigenvalue weighted by Crippen LogP contribution is -2.36. The molecule has 1 aromatic heterocycles. The van der Waals surface area contributed by atoms with Crippen LogP contribution in [0.2, 0.25) is 0 Å². The highest BCUT2D eigenvalue weighted by Crippen LogP contribution is 2.42. The van der Waals surface area contributed by atoms with Crippen LogP contribution in [-0.2, 0) is 22.1 Å². The van der Waals surface area contributed by atoms with Crippen LogP contribution >= 0.6 is 0 Å². The number of fused-ring (bicyclic) bond motifs is 2. The van der Waals surface area contributed by atoms with Crippen LogP contribution in [-0.4, -0.2) is 48.7 Å². The van der Waals surface area contributed by atoms with Crippen molar-refractivity contribution in [2.45, 2.75) is 36.7 Å². The Morgan fingerprint density at radius 1 is 1.32 bits per heavy atom. The van der Waals surface area contributed by atoms with E-state index in [2.05, 4.69) is 14.2 Å². The summed E-state index contributed by atoms with van der Waals surface area (Å²) in [6.07, 6.45) is 2.64. The monoisotopic (exact) mass is 339 g/mol. The average Bonchev–Trinajstić information content (AvgIpc) is 2.93. The molecular weight excluding hydrogens is 323 g/mol. The molecule has 22 heavy (non-hydrogen) atoms. The van der Waals surface area contributed by atoms with Gasteiger partial charge in [-0.25, -0.2) is 0 Å². The summed E-state index contributed by atoms with van der Waals surface area (Å²) in [6, 6.07) is 1.33. The quantitative estimate of drug-likeness (QED) is 0.603. The number of hydrogen-bond donors (Lipinski definition) is 0. The Bertz CT molecular complexity index is 686. The summed E-state index contributed by atoms with van der Waals surface area (Å²) in [5.41, 5.74) is -4.87. The van der Waals surface area contributed by atoms with Crippen molar-refractivity contribution in [3.8, 4) is 5.88 Å². The van der Waals surface area contributed by atoms with Crippen LogP contribution in [0.5, 0.6) is 5.88 Å². The molecule has 3 heterocycles. The third-order valence-corrected chi connectivity index (χ3v) is 5.31. The lowest BCUT2D eigenvalue weighted by Gasteiger charge is -2.33. The SMILES string of the molecule is CN1CCC2(CCCn3nc(OS(=O)(=O)C(F)(F)F)cc32)C1. The Hall–Kier alpha value is -1.29.